The lowest BCUT2D eigenvalue weighted by Gasteiger charge is -2.25. The van der Waals surface area contributed by atoms with Crippen molar-refractivity contribution in [2.45, 2.75) is 36.8 Å². The van der Waals surface area contributed by atoms with E-state index in [1.807, 2.05) is 19.1 Å². The molecule has 1 atom stereocenters. The van der Waals surface area contributed by atoms with Gasteiger partial charge < -0.3 is 10.8 Å². The molecule has 0 saturated carbocycles. The van der Waals surface area contributed by atoms with E-state index in [9.17, 15) is 5.11 Å². The first-order valence-electron chi connectivity index (χ1n) is 5.74. The van der Waals surface area contributed by atoms with Crippen molar-refractivity contribution < 1.29 is 5.11 Å². The van der Waals surface area contributed by atoms with Gasteiger partial charge in [0.2, 0.25) is 0 Å². The molecule has 96 valence electrons. The van der Waals surface area contributed by atoms with E-state index in [0.717, 1.165) is 30.0 Å². The highest BCUT2D eigenvalue weighted by molar-refractivity contribution is 7.99. The molecule has 0 aromatic carbocycles. The normalized spacial score (nSPS) is 14.6. The highest BCUT2D eigenvalue weighted by Crippen LogP contribution is 2.21. The van der Waals surface area contributed by atoms with E-state index in [4.69, 9.17) is 17.3 Å². The molecule has 17 heavy (non-hydrogen) atoms. The Bertz CT molecular complexity index is 328. The summed E-state index contributed by atoms with van der Waals surface area (Å²) in [5, 5.41) is 10.8. The Balaban J connectivity index is 2.26. The second-order valence-electron chi connectivity index (χ2n) is 4.14. The average Bonchev–Trinajstić information content (AvgIpc) is 2.36. The second kappa shape index (κ2) is 7.21. The molecule has 3 N–H and O–H groups in total. The summed E-state index contributed by atoms with van der Waals surface area (Å²) < 4.78 is 0. The largest absolute Gasteiger partial charge is 0.394 e. The number of aliphatic hydroxyl groups excluding tert-OH is 1. The zero-order chi connectivity index (χ0) is 12.7. The van der Waals surface area contributed by atoms with Crippen molar-refractivity contribution in [2.24, 2.45) is 5.73 Å². The number of nitrogens with zero attached hydrogens (tertiary/aromatic N) is 1. The number of aromatic nitrogens is 1. The van der Waals surface area contributed by atoms with Crippen LogP contribution in [-0.4, -0.2) is 28.0 Å². The van der Waals surface area contributed by atoms with Crippen LogP contribution in [-0.2, 0) is 0 Å². The highest BCUT2D eigenvalue weighted by Gasteiger charge is 2.20. The third-order valence-electron chi connectivity index (χ3n) is 2.79. The molecule has 0 saturated heterocycles. The van der Waals surface area contributed by atoms with Gasteiger partial charge in [0.1, 0.15) is 0 Å². The predicted octanol–water partition coefficient (Wildman–Crippen LogP) is 2.71. The van der Waals surface area contributed by atoms with Crippen LogP contribution in [0.4, 0.5) is 0 Å². The van der Waals surface area contributed by atoms with Gasteiger partial charge in [0.25, 0.3) is 0 Å². The molecule has 1 aromatic rings. The topological polar surface area (TPSA) is 59.1 Å². The van der Waals surface area contributed by atoms with E-state index >= 15 is 0 Å². The van der Waals surface area contributed by atoms with Crippen LogP contribution in [0.3, 0.4) is 0 Å². The van der Waals surface area contributed by atoms with Gasteiger partial charge in [-0.25, -0.2) is 4.98 Å². The summed E-state index contributed by atoms with van der Waals surface area (Å²) in [6.45, 7) is 2.05. The molecule has 0 aliphatic carbocycles. The van der Waals surface area contributed by atoms with Crippen LogP contribution in [0.1, 0.15) is 26.2 Å². The third-order valence-corrected chi connectivity index (χ3v) is 4.04. The van der Waals surface area contributed by atoms with Gasteiger partial charge in [-0.2, -0.15) is 0 Å². The van der Waals surface area contributed by atoms with Crippen molar-refractivity contribution in [3.63, 3.8) is 0 Å². The minimum atomic E-state index is -0.423. The third kappa shape index (κ3) is 5.25. The predicted molar refractivity (Wildman–Crippen MR) is 73.5 cm³/mol. The van der Waals surface area contributed by atoms with Gasteiger partial charge in [-0.3, -0.25) is 0 Å². The Hall–Kier alpha value is -0.290. The van der Waals surface area contributed by atoms with Gasteiger partial charge in [-0.15, -0.1) is 11.8 Å². The van der Waals surface area contributed by atoms with Crippen LogP contribution in [0.5, 0.6) is 0 Å². The number of pyridine rings is 1. The smallest absolute Gasteiger partial charge is 0.0960 e. The fourth-order valence-electron chi connectivity index (χ4n) is 1.42. The zero-order valence-electron chi connectivity index (χ0n) is 10.0. The number of hydrogen-bond donors (Lipinski definition) is 2. The first-order valence-corrected chi connectivity index (χ1v) is 7.10. The monoisotopic (exact) mass is 274 g/mol. The highest BCUT2D eigenvalue weighted by atomic mass is 35.5. The number of thioether (sulfide) groups is 1. The van der Waals surface area contributed by atoms with Crippen LogP contribution < -0.4 is 5.73 Å². The Kier molecular flexibility index (Phi) is 6.27. The number of hydrogen-bond acceptors (Lipinski definition) is 4. The molecule has 0 fully saturated rings. The minimum absolute atomic E-state index is 0.0490. The molecule has 0 radical (unpaired) electrons. The molecular formula is C12H19ClN2OS. The maximum atomic E-state index is 9.17. The van der Waals surface area contributed by atoms with Crippen LogP contribution in [0.15, 0.2) is 23.4 Å². The lowest BCUT2D eigenvalue weighted by Crippen LogP contribution is -2.42. The standard InChI is InChI=1S/C12H19ClN2OS/c1-2-12(14,9-16)6-3-7-17-11-5-4-10(13)8-15-11/h4-5,8,16H,2-3,6-7,9,14H2,1H3. The molecule has 1 unspecified atom stereocenters. The summed E-state index contributed by atoms with van der Waals surface area (Å²) in [5.41, 5.74) is 5.58. The lowest BCUT2D eigenvalue weighted by molar-refractivity contribution is 0.182. The average molecular weight is 275 g/mol. The molecular weight excluding hydrogens is 256 g/mol. The molecule has 5 heteroatoms. The summed E-state index contributed by atoms with van der Waals surface area (Å²) in [4.78, 5) is 4.20. The molecule has 0 aliphatic heterocycles. The second-order valence-corrected chi connectivity index (χ2v) is 5.69. The van der Waals surface area contributed by atoms with Crippen molar-refractivity contribution in [2.75, 3.05) is 12.4 Å². The van der Waals surface area contributed by atoms with Crippen LogP contribution in [0.2, 0.25) is 5.02 Å². The van der Waals surface area contributed by atoms with Gasteiger partial charge >= 0.3 is 0 Å². The van der Waals surface area contributed by atoms with Crippen molar-refractivity contribution in [3.05, 3.63) is 23.4 Å². The zero-order valence-corrected chi connectivity index (χ0v) is 11.6. The Labute approximate surface area is 112 Å². The van der Waals surface area contributed by atoms with Gasteiger partial charge in [0, 0.05) is 11.7 Å². The molecule has 0 amide bonds. The SMILES string of the molecule is CCC(N)(CO)CCCSc1ccc(Cl)cn1. The van der Waals surface area contributed by atoms with Gasteiger partial charge in [0.05, 0.1) is 16.7 Å². The lowest BCUT2D eigenvalue weighted by atomic mass is 9.93. The summed E-state index contributed by atoms with van der Waals surface area (Å²) in [5.74, 6) is 0.952. The van der Waals surface area contributed by atoms with Gasteiger partial charge in [-0.1, -0.05) is 18.5 Å². The van der Waals surface area contributed by atoms with Crippen molar-refractivity contribution in [3.8, 4) is 0 Å². The van der Waals surface area contributed by atoms with E-state index in [2.05, 4.69) is 4.98 Å². The molecule has 1 rings (SSSR count). The number of nitrogens with two attached hydrogens (primary N) is 1. The quantitative estimate of drug-likeness (QED) is 0.593. The van der Waals surface area contributed by atoms with Crippen molar-refractivity contribution >= 4 is 23.4 Å². The molecule has 0 aliphatic rings. The maximum Gasteiger partial charge on any atom is 0.0960 e. The van der Waals surface area contributed by atoms with E-state index in [1.54, 1.807) is 18.0 Å². The van der Waals surface area contributed by atoms with Crippen molar-refractivity contribution in [1.82, 2.24) is 4.98 Å². The molecule has 0 spiro atoms. The van der Waals surface area contributed by atoms with Crippen LogP contribution in [0, 0.1) is 0 Å². The molecule has 0 bridgehead atoms. The first-order chi connectivity index (χ1) is 8.09. The Morgan fingerprint density at radius 3 is 2.82 bits per heavy atom. The summed E-state index contributed by atoms with van der Waals surface area (Å²) in [6, 6.07) is 3.75. The van der Waals surface area contributed by atoms with E-state index in [1.165, 1.54) is 0 Å². The summed E-state index contributed by atoms with van der Waals surface area (Å²) >= 11 is 7.44. The molecule has 3 nitrogen and oxygen atoms in total. The number of aliphatic hydroxyl groups is 1. The van der Waals surface area contributed by atoms with E-state index in [0.29, 0.717) is 5.02 Å². The van der Waals surface area contributed by atoms with Crippen molar-refractivity contribution in [1.29, 1.82) is 0 Å². The Morgan fingerprint density at radius 1 is 1.53 bits per heavy atom. The summed E-state index contributed by atoms with van der Waals surface area (Å²) in [6.07, 6.45) is 4.25. The molecule has 1 heterocycles. The van der Waals surface area contributed by atoms with Crippen LogP contribution >= 0.6 is 23.4 Å². The first kappa shape index (κ1) is 14.8. The number of rotatable bonds is 7. The van der Waals surface area contributed by atoms with E-state index in [-0.39, 0.29) is 6.61 Å². The minimum Gasteiger partial charge on any atom is -0.394 e. The fraction of sp³-hybridized carbons (Fsp3) is 0.583. The number of halogens is 1. The van der Waals surface area contributed by atoms with E-state index < -0.39 is 5.54 Å². The maximum absolute atomic E-state index is 9.17. The Morgan fingerprint density at radius 2 is 2.29 bits per heavy atom. The summed E-state index contributed by atoms with van der Waals surface area (Å²) in [7, 11) is 0. The fourth-order valence-corrected chi connectivity index (χ4v) is 2.32. The molecule has 1 aromatic heterocycles. The van der Waals surface area contributed by atoms with Crippen LogP contribution in [0.25, 0.3) is 0 Å². The van der Waals surface area contributed by atoms with Gasteiger partial charge in [-0.05, 0) is 37.1 Å². The van der Waals surface area contributed by atoms with Gasteiger partial charge in [0.15, 0.2) is 0 Å².